The maximum Gasteiger partial charge on any atom is 0.243 e. The number of hydrazone groups is 1. The average molecular weight is 268 g/mol. The highest BCUT2D eigenvalue weighted by Gasteiger charge is 2.29. The predicted molar refractivity (Wildman–Crippen MR) is 79.0 cm³/mol. The van der Waals surface area contributed by atoms with Gasteiger partial charge in [-0.05, 0) is 29.7 Å². The molecule has 0 bridgehead atoms. The molecular formula is C16H16N2O2. The fourth-order valence-corrected chi connectivity index (χ4v) is 2.18. The van der Waals surface area contributed by atoms with Crippen molar-refractivity contribution in [2.45, 2.75) is 12.8 Å². The van der Waals surface area contributed by atoms with Crippen LogP contribution < -0.4 is 10.2 Å². The summed E-state index contributed by atoms with van der Waals surface area (Å²) < 4.78 is 5.37. The van der Waals surface area contributed by atoms with Gasteiger partial charge in [-0.25, -0.2) is 5.43 Å². The number of fused-ring (bicyclic) bond motifs is 1. The number of benzene rings is 2. The van der Waals surface area contributed by atoms with Gasteiger partial charge in [0, 0.05) is 11.5 Å². The van der Waals surface area contributed by atoms with Crippen LogP contribution in [-0.4, -0.2) is 19.2 Å². The van der Waals surface area contributed by atoms with Crippen molar-refractivity contribution < 1.29 is 9.53 Å². The second-order valence-corrected chi connectivity index (χ2v) is 4.91. The van der Waals surface area contributed by atoms with Crippen molar-refractivity contribution >= 4 is 22.9 Å². The lowest BCUT2D eigenvalue weighted by Gasteiger charge is -2.08. The Kier molecular flexibility index (Phi) is 3.37. The van der Waals surface area contributed by atoms with Crippen LogP contribution in [0.5, 0.6) is 5.75 Å². The van der Waals surface area contributed by atoms with Crippen molar-refractivity contribution in [3.05, 3.63) is 42.0 Å². The van der Waals surface area contributed by atoms with E-state index in [9.17, 15) is 4.79 Å². The zero-order chi connectivity index (χ0) is 13.9. The molecule has 1 aliphatic rings. The standard InChI is InChI=1S/C16H16N2O2/c1-20-15-9-8-11-4-2-3-5-13(11)14(15)10-17-18-16(19)12-6-7-12/h2-5,8-10,12H,6-7H2,1H3,(H,18,19). The Morgan fingerprint density at radius 3 is 2.85 bits per heavy atom. The number of ether oxygens (including phenoxy) is 1. The van der Waals surface area contributed by atoms with Crippen LogP contribution in [0.3, 0.4) is 0 Å². The minimum Gasteiger partial charge on any atom is -0.496 e. The van der Waals surface area contributed by atoms with Gasteiger partial charge in [0.2, 0.25) is 5.91 Å². The first-order chi connectivity index (χ1) is 9.79. The molecule has 1 aliphatic carbocycles. The lowest BCUT2D eigenvalue weighted by Crippen LogP contribution is -2.19. The van der Waals surface area contributed by atoms with Gasteiger partial charge in [-0.15, -0.1) is 0 Å². The zero-order valence-electron chi connectivity index (χ0n) is 11.3. The van der Waals surface area contributed by atoms with E-state index in [4.69, 9.17) is 4.74 Å². The van der Waals surface area contributed by atoms with Gasteiger partial charge >= 0.3 is 0 Å². The fourth-order valence-electron chi connectivity index (χ4n) is 2.18. The van der Waals surface area contributed by atoms with Crippen LogP contribution in [0.15, 0.2) is 41.5 Å². The molecule has 0 aliphatic heterocycles. The molecule has 0 atom stereocenters. The Morgan fingerprint density at radius 1 is 1.30 bits per heavy atom. The van der Waals surface area contributed by atoms with E-state index in [1.165, 1.54) is 0 Å². The number of carbonyl (C=O) groups excluding carboxylic acids is 1. The van der Waals surface area contributed by atoms with Gasteiger partial charge in [0.15, 0.2) is 0 Å². The summed E-state index contributed by atoms with van der Waals surface area (Å²) in [6, 6.07) is 11.9. The average Bonchev–Trinajstić information content (AvgIpc) is 3.32. The van der Waals surface area contributed by atoms with Crippen LogP contribution in [0.2, 0.25) is 0 Å². The smallest absolute Gasteiger partial charge is 0.243 e. The zero-order valence-corrected chi connectivity index (χ0v) is 11.3. The van der Waals surface area contributed by atoms with Gasteiger partial charge in [0.05, 0.1) is 13.3 Å². The molecule has 4 nitrogen and oxygen atoms in total. The van der Waals surface area contributed by atoms with Crippen LogP contribution in [0.1, 0.15) is 18.4 Å². The van der Waals surface area contributed by atoms with Crippen molar-refractivity contribution in [2.24, 2.45) is 11.0 Å². The normalized spacial score (nSPS) is 14.7. The monoisotopic (exact) mass is 268 g/mol. The first-order valence-corrected chi connectivity index (χ1v) is 6.68. The van der Waals surface area contributed by atoms with Gasteiger partial charge in [-0.3, -0.25) is 4.79 Å². The van der Waals surface area contributed by atoms with Crippen LogP contribution >= 0.6 is 0 Å². The van der Waals surface area contributed by atoms with Crippen molar-refractivity contribution in [3.63, 3.8) is 0 Å². The topological polar surface area (TPSA) is 50.7 Å². The van der Waals surface area contributed by atoms with Gasteiger partial charge < -0.3 is 4.74 Å². The molecular weight excluding hydrogens is 252 g/mol. The molecule has 1 amide bonds. The number of rotatable bonds is 4. The number of methoxy groups -OCH3 is 1. The molecule has 2 aromatic rings. The van der Waals surface area contributed by atoms with E-state index in [1.54, 1.807) is 13.3 Å². The predicted octanol–water partition coefficient (Wildman–Crippen LogP) is 2.71. The minimum absolute atomic E-state index is 0.000420. The number of nitrogens with one attached hydrogen (secondary N) is 1. The van der Waals surface area contributed by atoms with Crippen LogP contribution in [0.25, 0.3) is 10.8 Å². The Labute approximate surface area is 117 Å². The number of hydrogen-bond donors (Lipinski definition) is 1. The largest absolute Gasteiger partial charge is 0.496 e. The molecule has 0 unspecified atom stereocenters. The highest BCUT2D eigenvalue weighted by Crippen LogP contribution is 2.29. The lowest BCUT2D eigenvalue weighted by molar-refractivity contribution is -0.122. The van der Waals surface area contributed by atoms with Crippen molar-refractivity contribution in [3.8, 4) is 5.75 Å². The Bertz CT molecular complexity index is 675. The maximum absolute atomic E-state index is 11.6. The summed E-state index contributed by atoms with van der Waals surface area (Å²) in [5.41, 5.74) is 3.46. The van der Waals surface area contributed by atoms with Crippen LogP contribution in [0.4, 0.5) is 0 Å². The highest BCUT2D eigenvalue weighted by molar-refractivity contribution is 6.02. The van der Waals surface area contributed by atoms with Crippen LogP contribution in [-0.2, 0) is 4.79 Å². The number of hydrogen-bond acceptors (Lipinski definition) is 3. The molecule has 1 fully saturated rings. The summed E-state index contributed by atoms with van der Waals surface area (Å²) >= 11 is 0. The van der Waals surface area contributed by atoms with E-state index >= 15 is 0 Å². The minimum atomic E-state index is 0.000420. The summed E-state index contributed by atoms with van der Waals surface area (Å²) in [5, 5.41) is 6.22. The molecule has 0 radical (unpaired) electrons. The molecule has 1 saturated carbocycles. The van der Waals surface area contributed by atoms with E-state index in [-0.39, 0.29) is 11.8 Å². The van der Waals surface area contributed by atoms with E-state index in [1.807, 2.05) is 36.4 Å². The molecule has 0 heterocycles. The van der Waals surface area contributed by atoms with Gasteiger partial charge in [-0.1, -0.05) is 30.3 Å². The third kappa shape index (κ3) is 2.50. The maximum atomic E-state index is 11.6. The van der Waals surface area contributed by atoms with Crippen molar-refractivity contribution in [2.75, 3.05) is 7.11 Å². The lowest BCUT2D eigenvalue weighted by atomic mass is 10.0. The molecule has 20 heavy (non-hydrogen) atoms. The van der Waals surface area contributed by atoms with Crippen molar-refractivity contribution in [1.82, 2.24) is 5.43 Å². The van der Waals surface area contributed by atoms with Gasteiger partial charge in [0.25, 0.3) is 0 Å². The summed E-state index contributed by atoms with van der Waals surface area (Å²) in [7, 11) is 1.63. The molecule has 2 aromatic carbocycles. The second kappa shape index (κ2) is 5.33. The molecule has 0 aromatic heterocycles. The Balaban J connectivity index is 1.91. The summed E-state index contributed by atoms with van der Waals surface area (Å²) in [6.07, 6.45) is 3.60. The van der Waals surface area contributed by atoms with Crippen LogP contribution in [0, 0.1) is 5.92 Å². The Hall–Kier alpha value is -2.36. The molecule has 4 heteroatoms. The first kappa shape index (κ1) is 12.7. The van der Waals surface area contributed by atoms with Gasteiger partial charge in [0.1, 0.15) is 5.75 Å². The van der Waals surface area contributed by atoms with Crippen molar-refractivity contribution in [1.29, 1.82) is 0 Å². The molecule has 102 valence electrons. The highest BCUT2D eigenvalue weighted by atomic mass is 16.5. The molecule has 3 rings (SSSR count). The van der Waals surface area contributed by atoms with Gasteiger partial charge in [-0.2, -0.15) is 5.10 Å². The third-order valence-electron chi connectivity index (χ3n) is 3.47. The van der Waals surface area contributed by atoms with E-state index in [2.05, 4.69) is 10.5 Å². The van der Waals surface area contributed by atoms with E-state index in [0.717, 1.165) is 34.9 Å². The second-order valence-electron chi connectivity index (χ2n) is 4.91. The molecule has 0 spiro atoms. The van der Waals surface area contributed by atoms with E-state index in [0.29, 0.717) is 0 Å². The van der Waals surface area contributed by atoms with E-state index < -0.39 is 0 Å². The fraction of sp³-hybridized carbons (Fsp3) is 0.250. The summed E-state index contributed by atoms with van der Waals surface area (Å²) in [4.78, 5) is 11.6. The number of amides is 1. The number of carbonyl (C=O) groups is 1. The SMILES string of the molecule is COc1ccc2ccccc2c1C=NNC(=O)C1CC1. The quantitative estimate of drug-likeness (QED) is 0.684. The third-order valence-corrected chi connectivity index (χ3v) is 3.47. The summed E-state index contributed by atoms with van der Waals surface area (Å²) in [5.74, 6) is 0.898. The summed E-state index contributed by atoms with van der Waals surface area (Å²) in [6.45, 7) is 0. The first-order valence-electron chi connectivity index (χ1n) is 6.68. The molecule has 1 N–H and O–H groups in total. The molecule has 0 saturated heterocycles. The number of nitrogens with zero attached hydrogens (tertiary/aromatic N) is 1. The Morgan fingerprint density at radius 2 is 2.10 bits per heavy atom.